The summed E-state index contributed by atoms with van der Waals surface area (Å²) < 4.78 is 10.3. The van der Waals surface area contributed by atoms with Gasteiger partial charge in [-0.3, -0.25) is 4.79 Å². The molecule has 2 rings (SSSR count). The van der Waals surface area contributed by atoms with Gasteiger partial charge in [-0.1, -0.05) is 0 Å². The smallest absolute Gasteiger partial charge is 0.328 e. The molecule has 20 heavy (non-hydrogen) atoms. The molecule has 0 N–H and O–H groups in total. The Morgan fingerprint density at radius 2 is 1.90 bits per heavy atom. The van der Waals surface area contributed by atoms with Crippen LogP contribution in [0.4, 0.5) is 0 Å². The summed E-state index contributed by atoms with van der Waals surface area (Å²) in [4.78, 5) is 26.2. The number of likely N-dealkylation sites (tertiary alicyclic amines) is 1. The Balaban J connectivity index is 2.32. The molecule has 0 saturated carbocycles. The third kappa shape index (κ3) is 2.44. The number of carbonyl (C=O) groups excluding carboxylic acids is 2. The van der Waals surface area contributed by atoms with Gasteiger partial charge in [-0.25, -0.2) is 4.79 Å². The molecule has 5 nitrogen and oxygen atoms in total. The average molecular weight is 279 g/mol. The standard InChI is InChI=1S/C15H21NO4/c1-9-10(2)20-11(3)13(9)14(17)16-8-6-5-7-12(16)15(18)19-4/h12H,5-8H2,1-4H3. The molecule has 1 aliphatic heterocycles. The Kier molecular flexibility index (Phi) is 4.16. The predicted molar refractivity (Wildman–Crippen MR) is 73.6 cm³/mol. The summed E-state index contributed by atoms with van der Waals surface area (Å²) in [7, 11) is 1.36. The van der Waals surface area contributed by atoms with Gasteiger partial charge in [-0.15, -0.1) is 0 Å². The van der Waals surface area contributed by atoms with Crippen LogP contribution in [0.15, 0.2) is 4.42 Å². The number of hydrogen-bond donors (Lipinski definition) is 0. The number of esters is 1. The maximum absolute atomic E-state index is 12.7. The number of nitrogens with zero attached hydrogens (tertiary/aromatic N) is 1. The molecule has 1 atom stereocenters. The number of ether oxygens (including phenoxy) is 1. The lowest BCUT2D eigenvalue weighted by molar-refractivity contribution is -0.147. The topological polar surface area (TPSA) is 59.8 Å². The van der Waals surface area contributed by atoms with Gasteiger partial charge >= 0.3 is 5.97 Å². The number of aryl methyl sites for hydroxylation is 2. The van der Waals surface area contributed by atoms with E-state index in [4.69, 9.17) is 9.15 Å². The van der Waals surface area contributed by atoms with Gasteiger partial charge in [-0.2, -0.15) is 0 Å². The molecule has 1 fully saturated rings. The number of furan rings is 1. The van der Waals surface area contributed by atoms with E-state index in [0.717, 1.165) is 24.2 Å². The van der Waals surface area contributed by atoms with Gasteiger partial charge in [-0.05, 0) is 40.0 Å². The lowest BCUT2D eigenvalue weighted by Gasteiger charge is -2.33. The molecule has 0 aliphatic carbocycles. The van der Waals surface area contributed by atoms with Crippen molar-refractivity contribution in [2.45, 2.75) is 46.1 Å². The Hall–Kier alpha value is -1.78. The van der Waals surface area contributed by atoms with Crippen LogP contribution in [0.5, 0.6) is 0 Å². The Morgan fingerprint density at radius 1 is 1.20 bits per heavy atom. The molecule has 0 radical (unpaired) electrons. The van der Waals surface area contributed by atoms with E-state index in [1.807, 2.05) is 13.8 Å². The summed E-state index contributed by atoms with van der Waals surface area (Å²) >= 11 is 0. The first-order valence-electron chi connectivity index (χ1n) is 6.92. The molecule has 110 valence electrons. The minimum atomic E-state index is -0.477. The van der Waals surface area contributed by atoms with Crippen molar-refractivity contribution in [3.05, 3.63) is 22.6 Å². The average Bonchev–Trinajstić information content (AvgIpc) is 2.70. The highest BCUT2D eigenvalue weighted by Gasteiger charge is 2.35. The first-order chi connectivity index (χ1) is 9.47. The molecule has 1 amide bonds. The van der Waals surface area contributed by atoms with Crippen molar-refractivity contribution in [1.29, 1.82) is 0 Å². The monoisotopic (exact) mass is 279 g/mol. The van der Waals surface area contributed by atoms with Crippen LogP contribution in [-0.4, -0.2) is 36.5 Å². The van der Waals surface area contributed by atoms with E-state index < -0.39 is 6.04 Å². The lowest BCUT2D eigenvalue weighted by Crippen LogP contribution is -2.48. The van der Waals surface area contributed by atoms with Gasteiger partial charge in [0.15, 0.2) is 0 Å². The fourth-order valence-electron chi connectivity index (χ4n) is 2.81. The van der Waals surface area contributed by atoms with E-state index in [1.54, 1.807) is 11.8 Å². The summed E-state index contributed by atoms with van der Waals surface area (Å²) in [6, 6.07) is -0.477. The molecular formula is C15H21NO4. The van der Waals surface area contributed by atoms with E-state index >= 15 is 0 Å². The van der Waals surface area contributed by atoms with Crippen LogP contribution in [0, 0.1) is 20.8 Å². The SMILES string of the molecule is COC(=O)C1CCCCN1C(=O)c1c(C)oc(C)c1C. The molecule has 0 spiro atoms. The lowest BCUT2D eigenvalue weighted by atomic mass is 10.00. The summed E-state index contributed by atoms with van der Waals surface area (Å²) in [5.74, 6) is 0.886. The Morgan fingerprint density at radius 3 is 2.45 bits per heavy atom. The minimum absolute atomic E-state index is 0.132. The van der Waals surface area contributed by atoms with Crippen molar-refractivity contribution in [2.24, 2.45) is 0 Å². The van der Waals surface area contributed by atoms with Gasteiger partial charge in [0.1, 0.15) is 17.6 Å². The molecule has 1 saturated heterocycles. The molecular weight excluding hydrogens is 258 g/mol. The minimum Gasteiger partial charge on any atom is -0.467 e. The number of methoxy groups -OCH3 is 1. The van der Waals surface area contributed by atoms with Crippen molar-refractivity contribution >= 4 is 11.9 Å². The Bertz CT molecular complexity index is 532. The van der Waals surface area contributed by atoms with Crippen LogP contribution in [0.25, 0.3) is 0 Å². The van der Waals surface area contributed by atoms with Crippen LogP contribution in [-0.2, 0) is 9.53 Å². The maximum atomic E-state index is 12.7. The fourth-order valence-corrected chi connectivity index (χ4v) is 2.81. The highest BCUT2D eigenvalue weighted by Crippen LogP contribution is 2.26. The molecule has 0 aromatic carbocycles. The molecule has 5 heteroatoms. The largest absolute Gasteiger partial charge is 0.467 e. The number of rotatable bonds is 2. The van der Waals surface area contributed by atoms with Crippen molar-refractivity contribution < 1.29 is 18.7 Å². The van der Waals surface area contributed by atoms with Gasteiger partial charge in [0.05, 0.1) is 12.7 Å². The van der Waals surface area contributed by atoms with E-state index in [0.29, 0.717) is 24.3 Å². The second-order valence-electron chi connectivity index (χ2n) is 5.25. The zero-order valence-electron chi connectivity index (χ0n) is 12.5. The van der Waals surface area contributed by atoms with Gasteiger partial charge in [0.25, 0.3) is 5.91 Å². The van der Waals surface area contributed by atoms with Crippen LogP contribution < -0.4 is 0 Å². The maximum Gasteiger partial charge on any atom is 0.328 e. The normalized spacial score (nSPS) is 19.0. The molecule has 1 unspecified atom stereocenters. The van der Waals surface area contributed by atoms with Crippen molar-refractivity contribution in [3.8, 4) is 0 Å². The molecule has 0 bridgehead atoms. The Labute approximate surface area is 118 Å². The first kappa shape index (κ1) is 14.6. The quantitative estimate of drug-likeness (QED) is 0.780. The zero-order valence-corrected chi connectivity index (χ0v) is 12.5. The number of amides is 1. The molecule has 2 heterocycles. The predicted octanol–water partition coefficient (Wildman–Crippen LogP) is 2.37. The van der Waals surface area contributed by atoms with Crippen LogP contribution >= 0.6 is 0 Å². The van der Waals surface area contributed by atoms with Gasteiger partial charge in [0.2, 0.25) is 0 Å². The molecule has 1 aromatic heterocycles. The third-order valence-electron chi connectivity index (χ3n) is 4.01. The van der Waals surface area contributed by atoms with E-state index in [2.05, 4.69) is 0 Å². The highest BCUT2D eigenvalue weighted by atomic mass is 16.5. The fraction of sp³-hybridized carbons (Fsp3) is 0.600. The highest BCUT2D eigenvalue weighted by molar-refractivity contribution is 5.99. The second kappa shape index (κ2) is 5.69. The zero-order chi connectivity index (χ0) is 14.9. The van der Waals surface area contributed by atoms with Gasteiger partial charge < -0.3 is 14.1 Å². The summed E-state index contributed by atoms with van der Waals surface area (Å²) in [5.41, 5.74) is 1.43. The molecule has 1 aliphatic rings. The van der Waals surface area contributed by atoms with Gasteiger partial charge in [0, 0.05) is 12.1 Å². The third-order valence-corrected chi connectivity index (χ3v) is 4.01. The van der Waals surface area contributed by atoms with Crippen molar-refractivity contribution in [1.82, 2.24) is 4.90 Å². The first-order valence-corrected chi connectivity index (χ1v) is 6.92. The number of hydrogen-bond acceptors (Lipinski definition) is 4. The van der Waals surface area contributed by atoms with Crippen molar-refractivity contribution in [3.63, 3.8) is 0 Å². The summed E-state index contributed by atoms with van der Waals surface area (Å²) in [5, 5.41) is 0. The van der Waals surface area contributed by atoms with E-state index in [-0.39, 0.29) is 11.9 Å². The van der Waals surface area contributed by atoms with E-state index in [9.17, 15) is 9.59 Å². The van der Waals surface area contributed by atoms with Crippen molar-refractivity contribution in [2.75, 3.05) is 13.7 Å². The number of piperidine rings is 1. The summed E-state index contributed by atoms with van der Waals surface area (Å²) in [6.07, 6.45) is 2.51. The second-order valence-corrected chi connectivity index (χ2v) is 5.25. The van der Waals surface area contributed by atoms with Crippen LogP contribution in [0.1, 0.15) is 46.7 Å². The van der Waals surface area contributed by atoms with Crippen LogP contribution in [0.3, 0.4) is 0 Å². The molecule has 1 aromatic rings. The number of carbonyl (C=O) groups is 2. The van der Waals surface area contributed by atoms with E-state index in [1.165, 1.54) is 7.11 Å². The summed E-state index contributed by atoms with van der Waals surface area (Å²) in [6.45, 7) is 6.08. The van der Waals surface area contributed by atoms with Crippen LogP contribution in [0.2, 0.25) is 0 Å².